The summed E-state index contributed by atoms with van der Waals surface area (Å²) in [7, 11) is 0. The number of nitriles is 2. The topological polar surface area (TPSA) is 78.5 Å². The highest BCUT2D eigenvalue weighted by atomic mass is 15.0. The molecule has 20 heavy (non-hydrogen) atoms. The molecule has 0 saturated carbocycles. The SMILES string of the molecule is N#Cc1ccc(-n2ccc3c2CCCC3N)cc1C#N. The summed E-state index contributed by atoms with van der Waals surface area (Å²) in [5.74, 6) is 0. The average molecular weight is 262 g/mol. The molecule has 0 amide bonds. The molecule has 0 fully saturated rings. The van der Waals surface area contributed by atoms with Crippen LogP contribution in [0.5, 0.6) is 0 Å². The highest BCUT2D eigenvalue weighted by Gasteiger charge is 2.20. The lowest BCUT2D eigenvalue weighted by Gasteiger charge is -2.21. The molecule has 0 aliphatic heterocycles. The molecule has 1 aliphatic carbocycles. The van der Waals surface area contributed by atoms with Crippen molar-refractivity contribution in [1.29, 1.82) is 10.5 Å². The molecule has 2 aromatic rings. The standard InChI is InChI=1S/C16H14N4/c17-9-11-4-5-13(8-12(11)10-18)20-7-6-14-15(19)2-1-3-16(14)20/h4-8,15H,1-3,19H2. The normalized spacial score (nSPS) is 17.1. The largest absolute Gasteiger partial charge is 0.324 e. The van der Waals surface area contributed by atoms with Crippen molar-refractivity contribution in [3.05, 3.63) is 52.8 Å². The van der Waals surface area contributed by atoms with Crippen LogP contribution in [0.25, 0.3) is 5.69 Å². The van der Waals surface area contributed by atoms with Crippen molar-refractivity contribution in [2.45, 2.75) is 25.3 Å². The third-order valence-corrected chi connectivity index (χ3v) is 3.88. The summed E-state index contributed by atoms with van der Waals surface area (Å²) in [5.41, 5.74) is 10.3. The highest BCUT2D eigenvalue weighted by molar-refractivity contribution is 5.52. The summed E-state index contributed by atoms with van der Waals surface area (Å²) in [4.78, 5) is 0. The Morgan fingerprint density at radius 2 is 1.95 bits per heavy atom. The Morgan fingerprint density at radius 1 is 1.15 bits per heavy atom. The number of nitrogens with zero attached hydrogens (tertiary/aromatic N) is 3. The highest BCUT2D eigenvalue weighted by Crippen LogP contribution is 2.30. The second-order valence-electron chi connectivity index (χ2n) is 5.04. The summed E-state index contributed by atoms with van der Waals surface area (Å²) in [6.45, 7) is 0. The monoisotopic (exact) mass is 262 g/mol. The minimum absolute atomic E-state index is 0.105. The van der Waals surface area contributed by atoms with E-state index in [1.165, 1.54) is 11.3 Å². The van der Waals surface area contributed by atoms with E-state index in [4.69, 9.17) is 16.3 Å². The van der Waals surface area contributed by atoms with Gasteiger partial charge in [0.2, 0.25) is 0 Å². The van der Waals surface area contributed by atoms with Crippen LogP contribution in [0.15, 0.2) is 30.5 Å². The van der Waals surface area contributed by atoms with Gasteiger partial charge in [0.15, 0.2) is 0 Å². The van der Waals surface area contributed by atoms with Crippen molar-refractivity contribution in [2.24, 2.45) is 5.73 Å². The summed E-state index contributed by atoms with van der Waals surface area (Å²) < 4.78 is 2.08. The maximum atomic E-state index is 9.12. The van der Waals surface area contributed by atoms with Crippen molar-refractivity contribution in [3.8, 4) is 17.8 Å². The third kappa shape index (κ3) is 1.87. The molecular weight excluding hydrogens is 248 g/mol. The second kappa shape index (κ2) is 4.85. The maximum Gasteiger partial charge on any atom is 0.101 e. The predicted octanol–water partition coefficient (Wildman–Crippen LogP) is 2.56. The Morgan fingerprint density at radius 3 is 2.70 bits per heavy atom. The fourth-order valence-electron chi connectivity index (χ4n) is 2.84. The first-order valence-electron chi connectivity index (χ1n) is 6.65. The summed E-state index contributed by atoms with van der Waals surface area (Å²) in [6.07, 6.45) is 5.10. The molecule has 1 aromatic heterocycles. The molecule has 3 rings (SSSR count). The smallest absolute Gasteiger partial charge is 0.101 e. The molecule has 4 nitrogen and oxygen atoms in total. The molecule has 0 saturated heterocycles. The van der Waals surface area contributed by atoms with E-state index < -0.39 is 0 Å². The lowest BCUT2D eigenvalue weighted by molar-refractivity contribution is 0.560. The average Bonchev–Trinajstić information content (AvgIpc) is 2.92. The van der Waals surface area contributed by atoms with Crippen LogP contribution in [0.1, 0.15) is 41.3 Å². The molecule has 1 unspecified atom stereocenters. The lowest BCUT2D eigenvalue weighted by Crippen LogP contribution is -2.17. The molecule has 1 atom stereocenters. The number of rotatable bonds is 1. The van der Waals surface area contributed by atoms with Gasteiger partial charge in [-0.3, -0.25) is 0 Å². The van der Waals surface area contributed by atoms with E-state index in [0.717, 1.165) is 24.9 Å². The Bertz CT molecular complexity index is 743. The number of fused-ring (bicyclic) bond motifs is 1. The van der Waals surface area contributed by atoms with E-state index in [0.29, 0.717) is 11.1 Å². The zero-order chi connectivity index (χ0) is 14.1. The van der Waals surface area contributed by atoms with Crippen molar-refractivity contribution in [1.82, 2.24) is 4.57 Å². The van der Waals surface area contributed by atoms with Gasteiger partial charge >= 0.3 is 0 Å². The first kappa shape index (κ1) is 12.5. The molecule has 0 spiro atoms. The molecule has 0 radical (unpaired) electrons. The van der Waals surface area contributed by atoms with Gasteiger partial charge in [0.05, 0.1) is 11.1 Å². The summed E-state index contributed by atoms with van der Waals surface area (Å²) in [6, 6.07) is 11.6. The number of nitrogens with two attached hydrogens (primary N) is 1. The van der Waals surface area contributed by atoms with Gasteiger partial charge in [0, 0.05) is 23.6 Å². The van der Waals surface area contributed by atoms with Crippen LogP contribution in [0.4, 0.5) is 0 Å². The van der Waals surface area contributed by atoms with Crippen LogP contribution in [-0.2, 0) is 6.42 Å². The number of hydrogen-bond donors (Lipinski definition) is 1. The Labute approximate surface area is 117 Å². The van der Waals surface area contributed by atoms with Crippen molar-refractivity contribution < 1.29 is 0 Å². The third-order valence-electron chi connectivity index (χ3n) is 3.88. The van der Waals surface area contributed by atoms with Gasteiger partial charge < -0.3 is 10.3 Å². The van der Waals surface area contributed by atoms with Gasteiger partial charge in [-0.2, -0.15) is 10.5 Å². The van der Waals surface area contributed by atoms with Gasteiger partial charge in [-0.25, -0.2) is 0 Å². The maximum absolute atomic E-state index is 9.12. The van der Waals surface area contributed by atoms with Crippen LogP contribution in [0.3, 0.4) is 0 Å². The van der Waals surface area contributed by atoms with Crippen molar-refractivity contribution in [2.75, 3.05) is 0 Å². The molecule has 2 N–H and O–H groups in total. The second-order valence-corrected chi connectivity index (χ2v) is 5.04. The van der Waals surface area contributed by atoms with E-state index in [2.05, 4.69) is 16.7 Å². The van der Waals surface area contributed by atoms with E-state index in [-0.39, 0.29) is 6.04 Å². The van der Waals surface area contributed by atoms with E-state index in [1.807, 2.05) is 18.3 Å². The minimum Gasteiger partial charge on any atom is -0.324 e. The summed E-state index contributed by atoms with van der Waals surface area (Å²) in [5, 5.41) is 18.1. The van der Waals surface area contributed by atoms with Gasteiger partial charge in [0.1, 0.15) is 12.1 Å². The zero-order valence-corrected chi connectivity index (χ0v) is 11.0. The Hall–Kier alpha value is -2.56. The van der Waals surface area contributed by atoms with Crippen LogP contribution in [0.2, 0.25) is 0 Å². The van der Waals surface area contributed by atoms with Gasteiger partial charge in [-0.05, 0) is 49.1 Å². The fraction of sp³-hybridized carbons (Fsp3) is 0.250. The van der Waals surface area contributed by atoms with Crippen LogP contribution in [0, 0.1) is 22.7 Å². The molecule has 98 valence electrons. The first-order valence-corrected chi connectivity index (χ1v) is 6.65. The van der Waals surface area contributed by atoms with Gasteiger partial charge in [-0.15, -0.1) is 0 Å². The first-order chi connectivity index (χ1) is 9.74. The van der Waals surface area contributed by atoms with Crippen LogP contribution >= 0.6 is 0 Å². The molecule has 1 aliphatic rings. The van der Waals surface area contributed by atoms with Crippen molar-refractivity contribution >= 4 is 0 Å². The minimum atomic E-state index is 0.105. The number of hydrogen-bond acceptors (Lipinski definition) is 3. The molecule has 0 bridgehead atoms. The zero-order valence-electron chi connectivity index (χ0n) is 11.0. The van der Waals surface area contributed by atoms with Crippen LogP contribution in [-0.4, -0.2) is 4.57 Å². The lowest BCUT2D eigenvalue weighted by atomic mass is 9.93. The van der Waals surface area contributed by atoms with Crippen LogP contribution < -0.4 is 5.73 Å². The Balaban J connectivity index is 2.11. The van der Waals surface area contributed by atoms with Gasteiger partial charge in [0.25, 0.3) is 0 Å². The van der Waals surface area contributed by atoms with Gasteiger partial charge in [-0.1, -0.05) is 0 Å². The molecular formula is C16H14N4. The van der Waals surface area contributed by atoms with E-state index in [9.17, 15) is 0 Å². The molecule has 1 heterocycles. The Kier molecular flexibility index (Phi) is 3.02. The van der Waals surface area contributed by atoms with E-state index in [1.54, 1.807) is 12.1 Å². The molecule has 1 aromatic carbocycles. The van der Waals surface area contributed by atoms with E-state index >= 15 is 0 Å². The molecule has 4 heteroatoms. The number of aromatic nitrogens is 1. The summed E-state index contributed by atoms with van der Waals surface area (Å²) >= 11 is 0. The van der Waals surface area contributed by atoms with Crippen molar-refractivity contribution in [3.63, 3.8) is 0 Å². The number of benzene rings is 1. The quantitative estimate of drug-likeness (QED) is 0.857. The fourth-order valence-corrected chi connectivity index (χ4v) is 2.84. The predicted molar refractivity (Wildman–Crippen MR) is 75.1 cm³/mol.